The van der Waals surface area contributed by atoms with Crippen LogP contribution in [0.2, 0.25) is 0 Å². The van der Waals surface area contributed by atoms with Crippen molar-refractivity contribution in [2.24, 2.45) is 0 Å². The van der Waals surface area contributed by atoms with E-state index in [1.165, 1.54) is 20.0 Å². The highest BCUT2D eigenvalue weighted by Gasteiger charge is 2.15. The Hall–Kier alpha value is -3.09. The summed E-state index contributed by atoms with van der Waals surface area (Å²) in [5, 5.41) is 0. The van der Waals surface area contributed by atoms with Gasteiger partial charge in [0.25, 0.3) is 0 Å². The lowest BCUT2D eigenvalue weighted by atomic mass is 10.1. The number of methoxy groups -OCH3 is 2. The lowest BCUT2D eigenvalue weighted by molar-refractivity contribution is 0.0600. The van der Waals surface area contributed by atoms with Crippen LogP contribution in [-0.2, 0) is 17.7 Å². The number of anilines is 1. The molecule has 0 unspecified atom stereocenters. The smallest absolute Gasteiger partial charge is 0.337 e. The number of nitrogens with two attached hydrogens (primary N) is 1. The fraction of sp³-hybridized carbons (Fsp3) is 0.409. The normalized spacial score (nSPS) is 11.0. The Kier molecular flexibility index (Phi) is 6.69. The zero-order valence-electron chi connectivity index (χ0n) is 17.3. The Balaban J connectivity index is 1.97. The van der Waals surface area contributed by atoms with Crippen molar-refractivity contribution in [2.75, 3.05) is 20.0 Å². The molecule has 0 aliphatic carbocycles. The van der Waals surface area contributed by atoms with Crippen molar-refractivity contribution < 1.29 is 14.3 Å². The molecule has 7 nitrogen and oxygen atoms in total. The van der Waals surface area contributed by atoms with Crippen molar-refractivity contribution in [1.82, 2.24) is 14.5 Å². The fourth-order valence-corrected chi connectivity index (χ4v) is 3.56. The van der Waals surface area contributed by atoms with Gasteiger partial charge >= 0.3 is 5.97 Å². The maximum absolute atomic E-state index is 11.9. The number of esters is 1. The Morgan fingerprint density at radius 2 is 1.97 bits per heavy atom. The Morgan fingerprint density at radius 3 is 2.69 bits per heavy atom. The van der Waals surface area contributed by atoms with Crippen molar-refractivity contribution in [3.05, 3.63) is 47.3 Å². The predicted octanol–water partition coefficient (Wildman–Crippen LogP) is 3.98. The molecule has 2 aromatic heterocycles. The first-order chi connectivity index (χ1) is 14.1. The number of unbranched alkanes of at least 4 members (excludes halogenated alkanes) is 3. The summed E-state index contributed by atoms with van der Waals surface area (Å²) in [6.07, 6.45) is 7.45. The molecule has 0 amide bonds. The number of hydrogen-bond donors (Lipinski definition) is 1. The third kappa shape index (κ3) is 4.67. The van der Waals surface area contributed by atoms with Crippen LogP contribution in [0.1, 0.15) is 54.2 Å². The quantitative estimate of drug-likeness (QED) is 0.434. The number of nitrogen functional groups attached to an aromatic ring is 1. The highest BCUT2D eigenvalue weighted by atomic mass is 16.5. The summed E-state index contributed by atoms with van der Waals surface area (Å²) in [6, 6.07) is 7.23. The van der Waals surface area contributed by atoms with Gasteiger partial charge in [0, 0.05) is 11.8 Å². The molecule has 0 saturated heterocycles. The number of carbonyl (C=O) groups is 1. The average Bonchev–Trinajstić information content (AvgIpc) is 3.12. The van der Waals surface area contributed by atoms with Crippen LogP contribution in [0.4, 0.5) is 5.95 Å². The van der Waals surface area contributed by atoms with Gasteiger partial charge in [0.2, 0.25) is 5.95 Å². The molecule has 2 heterocycles. The van der Waals surface area contributed by atoms with Crippen LogP contribution in [0.5, 0.6) is 5.75 Å². The van der Waals surface area contributed by atoms with Gasteiger partial charge in [0.15, 0.2) is 0 Å². The van der Waals surface area contributed by atoms with E-state index in [1.807, 2.05) is 12.3 Å². The molecule has 7 heteroatoms. The molecular weight excluding hydrogens is 368 g/mol. The number of aromatic nitrogens is 3. The molecule has 154 valence electrons. The van der Waals surface area contributed by atoms with Crippen LogP contribution in [0.15, 0.2) is 30.5 Å². The minimum absolute atomic E-state index is 0.297. The zero-order chi connectivity index (χ0) is 20.8. The maximum atomic E-state index is 11.9. The summed E-state index contributed by atoms with van der Waals surface area (Å²) >= 11 is 0. The summed E-state index contributed by atoms with van der Waals surface area (Å²) in [4.78, 5) is 20.8. The van der Waals surface area contributed by atoms with Crippen LogP contribution in [0.25, 0.3) is 11.0 Å². The molecular formula is C22H28N4O3. The van der Waals surface area contributed by atoms with Gasteiger partial charge in [0.05, 0.1) is 43.1 Å². The van der Waals surface area contributed by atoms with Gasteiger partial charge in [-0.25, -0.2) is 14.8 Å². The third-order valence-corrected chi connectivity index (χ3v) is 5.01. The molecule has 0 saturated carbocycles. The van der Waals surface area contributed by atoms with E-state index in [1.54, 1.807) is 25.3 Å². The Morgan fingerprint density at radius 1 is 1.14 bits per heavy atom. The molecule has 29 heavy (non-hydrogen) atoms. The van der Waals surface area contributed by atoms with Gasteiger partial charge in [-0.2, -0.15) is 0 Å². The molecule has 0 fully saturated rings. The molecule has 0 bridgehead atoms. The average molecular weight is 396 g/mol. The van der Waals surface area contributed by atoms with Crippen molar-refractivity contribution in [3.8, 4) is 5.75 Å². The number of aryl methyl sites for hydroxylation is 1. The Bertz CT molecular complexity index is 997. The second kappa shape index (κ2) is 9.41. The number of fused-ring (bicyclic) bond motifs is 1. The number of ether oxygens (including phenoxy) is 2. The number of nitrogens with zero attached hydrogens (tertiary/aromatic N) is 3. The van der Waals surface area contributed by atoms with Crippen LogP contribution in [-0.4, -0.2) is 34.7 Å². The summed E-state index contributed by atoms with van der Waals surface area (Å²) in [5.74, 6) is 0.630. The van der Waals surface area contributed by atoms with Crippen LogP contribution >= 0.6 is 0 Å². The fourth-order valence-electron chi connectivity index (χ4n) is 3.56. The van der Waals surface area contributed by atoms with Crippen molar-refractivity contribution >= 4 is 23.0 Å². The number of carbonyl (C=O) groups excluding carboxylic acids is 1. The predicted molar refractivity (Wildman–Crippen MR) is 113 cm³/mol. The second-order valence-corrected chi connectivity index (χ2v) is 7.03. The van der Waals surface area contributed by atoms with E-state index in [0.717, 1.165) is 41.6 Å². The molecule has 0 aliphatic rings. The van der Waals surface area contributed by atoms with E-state index in [2.05, 4.69) is 21.5 Å². The number of hydrogen-bond acceptors (Lipinski definition) is 6. The highest BCUT2D eigenvalue weighted by molar-refractivity contribution is 5.89. The molecule has 0 aliphatic heterocycles. The van der Waals surface area contributed by atoms with Crippen LogP contribution in [0, 0.1) is 0 Å². The van der Waals surface area contributed by atoms with Gasteiger partial charge in [-0.05, 0) is 37.1 Å². The van der Waals surface area contributed by atoms with Gasteiger partial charge in [-0.1, -0.05) is 26.2 Å². The first-order valence-corrected chi connectivity index (χ1v) is 9.93. The van der Waals surface area contributed by atoms with Crippen molar-refractivity contribution in [2.45, 2.75) is 45.6 Å². The summed E-state index contributed by atoms with van der Waals surface area (Å²) in [5.41, 5.74) is 10.0. The molecule has 1 aromatic carbocycles. The topological polar surface area (TPSA) is 92.3 Å². The van der Waals surface area contributed by atoms with E-state index >= 15 is 0 Å². The van der Waals surface area contributed by atoms with Crippen molar-refractivity contribution in [1.29, 1.82) is 0 Å². The van der Waals surface area contributed by atoms with E-state index in [0.29, 0.717) is 23.8 Å². The minimum atomic E-state index is -0.376. The molecule has 3 aromatic rings. The van der Waals surface area contributed by atoms with Gasteiger partial charge < -0.3 is 19.8 Å². The Labute approximate surface area is 170 Å². The molecule has 0 radical (unpaired) electrons. The molecule has 0 atom stereocenters. The second-order valence-electron chi connectivity index (χ2n) is 7.03. The summed E-state index contributed by atoms with van der Waals surface area (Å²) in [7, 11) is 2.99. The lowest BCUT2D eigenvalue weighted by Gasteiger charge is -2.13. The van der Waals surface area contributed by atoms with Crippen molar-refractivity contribution in [3.63, 3.8) is 0 Å². The third-order valence-electron chi connectivity index (χ3n) is 5.01. The van der Waals surface area contributed by atoms with Gasteiger partial charge in [-0.3, -0.25) is 0 Å². The molecule has 0 spiro atoms. The highest BCUT2D eigenvalue weighted by Crippen LogP contribution is 2.26. The van der Waals surface area contributed by atoms with Crippen LogP contribution < -0.4 is 10.5 Å². The minimum Gasteiger partial charge on any atom is -0.496 e. The number of benzene rings is 1. The first kappa shape index (κ1) is 20.6. The SMILES string of the molecule is CCCCCCc1nc(N)nc2ccn(Cc3cc(C(=O)OC)ccc3OC)c12. The molecule has 2 N–H and O–H groups in total. The molecule has 3 rings (SSSR count). The largest absolute Gasteiger partial charge is 0.496 e. The number of rotatable bonds is 9. The lowest BCUT2D eigenvalue weighted by Crippen LogP contribution is -2.08. The monoisotopic (exact) mass is 396 g/mol. The van der Waals surface area contributed by atoms with E-state index < -0.39 is 0 Å². The van der Waals surface area contributed by atoms with Crippen LogP contribution in [0.3, 0.4) is 0 Å². The first-order valence-electron chi connectivity index (χ1n) is 9.93. The van der Waals surface area contributed by atoms with Gasteiger partial charge in [-0.15, -0.1) is 0 Å². The zero-order valence-corrected chi connectivity index (χ0v) is 17.3. The standard InChI is InChI=1S/C22H28N4O3/c1-4-5-6-7-8-17-20-18(25-22(23)24-17)11-12-26(20)14-16-13-15(21(27)29-3)9-10-19(16)28-2/h9-13H,4-8,14H2,1-3H3,(H2,23,24,25). The van der Waals surface area contributed by atoms with Gasteiger partial charge in [0.1, 0.15) is 5.75 Å². The van der Waals surface area contributed by atoms with E-state index in [-0.39, 0.29) is 5.97 Å². The summed E-state index contributed by atoms with van der Waals surface area (Å²) in [6.45, 7) is 2.72. The maximum Gasteiger partial charge on any atom is 0.337 e. The van der Waals surface area contributed by atoms with E-state index in [4.69, 9.17) is 15.2 Å². The summed E-state index contributed by atoms with van der Waals surface area (Å²) < 4.78 is 12.4. The van der Waals surface area contributed by atoms with E-state index in [9.17, 15) is 4.79 Å².